The molecular weight excluding hydrogens is 520 g/mol. The van der Waals surface area contributed by atoms with Crippen molar-refractivity contribution in [3.63, 3.8) is 0 Å². The van der Waals surface area contributed by atoms with E-state index >= 15 is 0 Å². The first-order valence-corrected chi connectivity index (χ1v) is 14.4. The van der Waals surface area contributed by atoms with Crippen molar-refractivity contribution in [1.29, 1.82) is 0 Å². The van der Waals surface area contributed by atoms with Crippen molar-refractivity contribution in [2.24, 2.45) is 5.10 Å². The second-order valence-corrected chi connectivity index (χ2v) is 11.4. The Morgan fingerprint density at radius 1 is 0.825 bits per heavy atom. The Morgan fingerprint density at radius 3 is 2.17 bits per heavy atom. The van der Waals surface area contributed by atoms with Crippen molar-refractivity contribution in [2.45, 2.75) is 24.3 Å². The molecule has 0 saturated carbocycles. The van der Waals surface area contributed by atoms with Gasteiger partial charge in [-0.15, -0.1) is 0 Å². The largest absolute Gasteiger partial charge is 0.496 e. The molecule has 0 aliphatic carbocycles. The maximum absolute atomic E-state index is 14.1. The fraction of sp³-hybridized carbons (Fsp3) is 0.125. The minimum Gasteiger partial charge on any atom is -0.496 e. The van der Waals surface area contributed by atoms with E-state index in [1.807, 2.05) is 98.0 Å². The molecule has 40 heavy (non-hydrogen) atoms. The fourth-order valence-electron chi connectivity index (χ4n) is 4.97. The van der Waals surface area contributed by atoms with Crippen LogP contribution >= 0.6 is 0 Å². The lowest BCUT2D eigenvalue weighted by Crippen LogP contribution is -2.27. The average Bonchev–Trinajstić information content (AvgIpc) is 3.64. The number of benzene rings is 4. The molecule has 0 fully saturated rings. The number of hydrogen-bond acceptors (Lipinski definition) is 5. The summed E-state index contributed by atoms with van der Waals surface area (Å²) in [4.78, 5) is 0.185. The lowest BCUT2D eigenvalue weighted by atomic mass is 9.97. The monoisotopic (exact) mass is 548 g/mol. The molecule has 7 nitrogen and oxygen atoms in total. The number of sulfonamides is 1. The molecule has 0 N–H and O–H groups in total. The highest BCUT2D eigenvalue weighted by atomic mass is 32.2. The minimum atomic E-state index is -4.00. The summed E-state index contributed by atoms with van der Waals surface area (Å²) in [5.74, 6) is 0.637. The predicted molar refractivity (Wildman–Crippen MR) is 156 cm³/mol. The number of nitrogens with zero attached hydrogens (tertiary/aromatic N) is 4. The molecule has 200 valence electrons. The molecule has 0 radical (unpaired) electrons. The highest BCUT2D eigenvalue weighted by molar-refractivity contribution is 7.89. The van der Waals surface area contributed by atoms with Crippen molar-refractivity contribution in [3.05, 3.63) is 132 Å². The van der Waals surface area contributed by atoms with Gasteiger partial charge in [0.05, 0.1) is 35.1 Å². The molecule has 6 rings (SSSR count). The number of ether oxygens (including phenoxy) is 1. The molecule has 0 amide bonds. The van der Waals surface area contributed by atoms with E-state index in [1.165, 1.54) is 4.41 Å². The van der Waals surface area contributed by atoms with Crippen molar-refractivity contribution in [1.82, 2.24) is 14.2 Å². The maximum Gasteiger partial charge on any atom is 0.279 e. The molecule has 2 heterocycles. The van der Waals surface area contributed by atoms with Gasteiger partial charge < -0.3 is 4.74 Å². The number of rotatable bonds is 7. The van der Waals surface area contributed by atoms with E-state index in [-0.39, 0.29) is 4.90 Å². The van der Waals surface area contributed by atoms with E-state index in [9.17, 15) is 8.42 Å². The molecule has 1 aliphatic rings. The summed E-state index contributed by atoms with van der Waals surface area (Å²) >= 11 is 0. The quantitative estimate of drug-likeness (QED) is 0.236. The van der Waals surface area contributed by atoms with Crippen LogP contribution in [0.25, 0.3) is 16.9 Å². The maximum atomic E-state index is 14.1. The summed E-state index contributed by atoms with van der Waals surface area (Å²) in [6, 6.07) is 33.4. The molecule has 0 unspecified atom stereocenters. The van der Waals surface area contributed by atoms with Crippen LogP contribution < -0.4 is 4.74 Å². The fourth-order valence-corrected chi connectivity index (χ4v) is 6.40. The second-order valence-electron chi connectivity index (χ2n) is 9.64. The molecule has 0 bridgehead atoms. The number of aromatic nitrogens is 2. The number of aryl methyl sites for hydroxylation is 1. The molecule has 1 aromatic heterocycles. The van der Waals surface area contributed by atoms with E-state index < -0.39 is 16.1 Å². The Hall–Kier alpha value is -4.69. The van der Waals surface area contributed by atoms with Crippen LogP contribution in [0.15, 0.2) is 125 Å². The third kappa shape index (κ3) is 4.67. The van der Waals surface area contributed by atoms with E-state index in [1.54, 1.807) is 36.1 Å². The first-order chi connectivity index (χ1) is 19.5. The van der Waals surface area contributed by atoms with Gasteiger partial charge in [-0.05, 0) is 43.3 Å². The average molecular weight is 549 g/mol. The summed E-state index contributed by atoms with van der Waals surface area (Å²) in [6.45, 7) is 1.93. The Bertz CT molecular complexity index is 1780. The highest BCUT2D eigenvalue weighted by Crippen LogP contribution is 2.42. The van der Waals surface area contributed by atoms with Gasteiger partial charge in [0, 0.05) is 29.3 Å². The van der Waals surface area contributed by atoms with Crippen LogP contribution in [0.4, 0.5) is 0 Å². The van der Waals surface area contributed by atoms with Crippen LogP contribution in [0.5, 0.6) is 5.75 Å². The number of para-hydroxylation sites is 2. The van der Waals surface area contributed by atoms with Crippen LogP contribution in [-0.2, 0) is 10.0 Å². The van der Waals surface area contributed by atoms with Crippen molar-refractivity contribution in [2.75, 3.05) is 7.11 Å². The van der Waals surface area contributed by atoms with Crippen molar-refractivity contribution >= 4 is 15.7 Å². The van der Waals surface area contributed by atoms with Gasteiger partial charge in [0.25, 0.3) is 10.0 Å². The van der Waals surface area contributed by atoms with Gasteiger partial charge in [-0.1, -0.05) is 78.4 Å². The van der Waals surface area contributed by atoms with Crippen molar-refractivity contribution < 1.29 is 13.2 Å². The Balaban J connectivity index is 1.54. The summed E-state index contributed by atoms with van der Waals surface area (Å²) < 4.78 is 36.9. The van der Waals surface area contributed by atoms with E-state index in [4.69, 9.17) is 14.9 Å². The van der Waals surface area contributed by atoms with Gasteiger partial charge in [-0.25, -0.2) is 4.68 Å². The molecule has 4 aromatic carbocycles. The molecule has 5 aromatic rings. The standard InChI is InChI=1S/C32H28N4O3S/c1-23-17-19-26(20-18-23)40(37,38)36-30(21-29(33-36)27-15-9-10-16-31(27)39-2)28-22-35(25-13-7-4-8-14-25)34-32(28)24-11-5-3-6-12-24/h3-20,22,30H,21H2,1-2H3/t30-/m1/s1. The van der Waals surface area contributed by atoms with Crippen LogP contribution in [0.3, 0.4) is 0 Å². The third-order valence-electron chi connectivity index (χ3n) is 7.03. The summed E-state index contributed by atoms with van der Waals surface area (Å²) in [6.07, 6.45) is 2.27. The Morgan fingerprint density at radius 2 is 1.48 bits per heavy atom. The Labute approximate surface area is 234 Å². The van der Waals surface area contributed by atoms with Crippen LogP contribution in [0, 0.1) is 6.92 Å². The number of hydrogen-bond donors (Lipinski definition) is 0. The van der Waals surface area contributed by atoms with Crippen LogP contribution in [0.2, 0.25) is 0 Å². The van der Waals surface area contributed by atoms with Crippen LogP contribution in [0.1, 0.15) is 29.2 Å². The van der Waals surface area contributed by atoms with Crippen LogP contribution in [-0.4, -0.2) is 35.4 Å². The molecule has 0 saturated heterocycles. The molecule has 1 aliphatic heterocycles. The highest BCUT2D eigenvalue weighted by Gasteiger charge is 2.40. The predicted octanol–water partition coefficient (Wildman–Crippen LogP) is 6.40. The summed E-state index contributed by atoms with van der Waals surface area (Å²) in [5, 5.41) is 9.70. The first-order valence-electron chi connectivity index (χ1n) is 13.0. The zero-order valence-electron chi connectivity index (χ0n) is 22.2. The smallest absolute Gasteiger partial charge is 0.279 e. The second kappa shape index (κ2) is 10.5. The van der Waals surface area contributed by atoms with Gasteiger partial charge in [-0.2, -0.15) is 23.0 Å². The van der Waals surface area contributed by atoms with Gasteiger partial charge >= 0.3 is 0 Å². The topological polar surface area (TPSA) is 76.8 Å². The van der Waals surface area contributed by atoms with E-state index in [2.05, 4.69) is 0 Å². The zero-order chi connectivity index (χ0) is 27.7. The minimum absolute atomic E-state index is 0.185. The SMILES string of the molecule is COc1ccccc1C1=NN(S(=O)(=O)c2ccc(C)cc2)[C@@H](c2cn(-c3ccccc3)nc2-c2ccccc2)C1. The van der Waals surface area contributed by atoms with E-state index in [0.717, 1.165) is 27.9 Å². The van der Waals surface area contributed by atoms with Gasteiger partial charge in [0.1, 0.15) is 5.75 Å². The third-order valence-corrected chi connectivity index (χ3v) is 8.72. The molecule has 8 heteroatoms. The summed E-state index contributed by atoms with van der Waals surface area (Å²) in [7, 11) is -2.40. The van der Waals surface area contributed by atoms with Gasteiger partial charge in [-0.3, -0.25) is 0 Å². The Kier molecular flexibility index (Phi) is 6.69. The van der Waals surface area contributed by atoms with Gasteiger partial charge in [0.2, 0.25) is 0 Å². The molecular formula is C32H28N4O3S. The normalized spacial score (nSPS) is 15.2. The number of methoxy groups -OCH3 is 1. The lowest BCUT2D eigenvalue weighted by molar-refractivity contribution is 0.372. The summed E-state index contributed by atoms with van der Waals surface area (Å²) in [5.41, 5.74) is 5.60. The van der Waals surface area contributed by atoms with Crippen molar-refractivity contribution in [3.8, 4) is 22.7 Å². The molecule has 0 spiro atoms. The molecule has 1 atom stereocenters. The first kappa shape index (κ1) is 25.6. The van der Waals surface area contributed by atoms with Gasteiger partial charge in [0.15, 0.2) is 0 Å². The van der Waals surface area contributed by atoms with E-state index in [0.29, 0.717) is 23.6 Å². The number of hydrazone groups is 1. The lowest BCUT2D eigenvalue weighted by Gasteiger charge is -2.23. The zero-order valence-corrected chi connectivity index (χ0v) is 23.0.